The Hall–Kier alpha value is -5.08. The predicted molar refractivity (Wildman–Crippen MR) is 210 cm³/mol. The standard InChI is InChI=1S/C40H50N8O5Si/c1-40(2,3)53-39(51)47-18-7-9-33(47)36-42-23-32(45-36)27-13-11-26(12-14-27)31-22-41-30-21-28(15-16-29(30)44-31)35-24-43-37(34-10-8-17-46(34)38(49)50)48(35)25-52-19-20-54(4,5)6/h11-16,21-24,33-34H,7-10,17-20,25H2,1-6H3,(H,42,45)(H,49,50)/t33-,34-/m0/s1. The number of carbonyl (C=O) groups is 2. The quantitative estimate of drug-likeness (QED) is 0.105. The molecular formula is C40H50N8O5Si. The minimum Gasteiger partial charge on any atom is -0.465 e. The molecule has 2 atom stereocenters. The minimum atomic E-state index is -1.28. The Morgan fingerprint density at radius 2 is 1.57 bits per heavy atom. The minimum absolute atomic E-state index is 0.147. The van der Waals surface area contributed by atoms with Crippen molar-refractivity contribution in [3.8, 4) is 33.8 Å². The van der Waals surface area contributed by atoms with Crippen LogP contribution in [0.2, 0.25) is 25.7 Å². The second kappa shape index (κ2) is 15.0. The Kier molecular flexibility index (Phi) is 10.3. The summed E-state index contributed by atoms with van der Waals surface area (Å²) in [4.78, 5) is 50.7. The highest BCUT2D eigenvalue weighted by molar-refractivity contribution is 6.76. The third-order valence-electron chi connectivity index (χ3n) is 10.0. The molecule has 2 aliphatic heterocycles. The SMILES string of the molecule is CC(C)(C)OC(=O)N1CCC[C@H]1c1ncc(-c2ccc(-c3cnc4cc(-c5cnc([C@@H]6CCCN6C(=O)O)n5COCC[Si](C)(C)C)ccc4n3)cc2)[nH]1. The van der Waals surface area contributed by atoms with E-state index in [9.17, 15) is 14.7 Å². The highest BCUT2D eigenvalue weighted by Gasteiger charge is 2.36. The molecule has 2 fully saturated rings. The third kappa shape index (κ3) is 8.19. The lowest BCUT2D eigenvalue weighted by atomic mass is 10.1. The van der Waals surface area contributed by atoms with Crippen LogP contribution in [0, 0.1) is 0 Å². The van der Waals surface area contributed by atoms with E-state index >= 15 is 0 Å². The van der Waals surface area contributed by atoms with Crippen molar-refractivity contribution in [1.82, 2.24) is 39.3 Å². The number of hydrogen-bond acceptors (Lipinski definition) is 8. The molecule has 2 saturated heterocycles. The topological polar surface area (TPSA) is 152 Å². The average molecular weight is 751 g/mol. The zero-order valence-corrected chi connectivity index (χ0v) is 33.0. The molecule has 2 aliphatic rings. The lowest BCUT2D eigenvalue weighted by molar-refractivity contribution is 0.0218. The number of nitrogens with zero attached hydrogens (tertiary/aromatic N) is 7. The molecule has 54 heavy (non-hydrogen) atoms. The Morgan fingerprint density at radius 1 is 0.870 bits per heavy atom. The van der Waals surface area contributed by atoms with Crippen molar-refractivity contribution >= 4 is 31.3 Å². The first-order valence-electron chi connectivity index (χ1n) is 18.8. The number of ether oxygens (including phenoxy) is 2. The van der Waals surface area contributed by atoms with Gasteiger partial charge in [0.2, 0.25) is 0 Å². The number of carbonyl (C=O) groups excluding carboxylic acids is 1. The van der Waals surface area contributed by atoms with Crippen LogP contribution >= 0.6 is 0 Å². The van der Waals surface area contributed by atoms with Crippen LogP contribution in [0.1, 0.15) is 70.2 Å². The molecule has 13 nitrogen and oxygen atoms in total. The van der Waals surface area contributed by atoms with E-state index in [-0.39, 0.29) is 18.2 Å². The Bertz CT molecular complexity index is 2130. The van der Waals surface area contributed by atoms with Crippen LogP contribution < -0.4 is 0 Å². The van der Waals surface area contributed by atoms with Crippen LogP contribution in [-0.2, 0) is 16.2 Å². The first kappa shape index (κ1) is 37.2. The van der Waals surface area contributed by atoms with Crippen LogP contribution in [0.15, 0.2) is 61.1 Å². The number of benzene rings is 2. The molecule has 0 radical (unpaired) electrons. The fourth-order valence-electron chi connectivity index (χ4n) is 7.19. The summed E-state index contributed by atoms with van der Waals surface area (Å²) >= 11 is 0. The number of imidazole rings is 2. The summed E-state index contributed by atoms with van der Waals surface area (Å²) in [5.41, 5.74) is 6.24. The normalized spacial score (nSPS) is 17.8. The average Bonchev–Trinajstić information content (AvgIpc) is 3.95. The first-order valence-corrected chi connectivity index (χ1v) is 22.5. The van der Waals surface area contributed by atoms with Gasteiger partial charge in [-0.25, -0.2) is 24.5 Å². The monoisotopic (exact) mass is 750 g/mol. The molecule has 0 spiro atoms. The maximum Gasteiger partial charge on any atom is 0.410 e. The molecule has 2 N–H and O–H groups in total. The first-order chi connectivity index (χ1) is 25.7. The van der Waals surface area contributed by atoms with E-state index in [0.29, 0.717) is 32.3 Å². The van der Waals surface area contributed by atoms with Gasteiger partial charge in [0.15, 0.2) is 0 Å². The lowest BCUT2D eigenvalue weighted by Crippen LogP contribution is -2.36. The molecule has 2 amide bonds. The van der Waals surface area contributed by atoms with Crippen LogP contribution in [0.5, 0.6) is 0 Å². The largest absolute Gasteiger partial charge is 0.465 e. The van der Waals surface area contributed by atoms with Gasteiger partial charge in [-0.05, 0) is 70.2 Å². The smallest absolute Gasteiger partial charge is 0.410 e. The predicted octanol–water partition coefficient (Wildman–Crippen LogP) is 8.75. The Labute approximate surface area is 316 Å². The van der Waals surface area contributed by atoms with Crippen LogP contribution in [-0.4, -0.2) is 90.0 Å². The summed E-state index contributed by atoms with van der Waals surface area (Å²) in [6.45, 7) is 14.7. The van der Waals surface area contributed by atoms with E-state index in [1.165, 1.54) is 4.90 Å². The van der Waals surface area contributed by atoms with Gasteiger partial charge in [0.1, 0.15) is 24.0 Å². The number of aromatic nitrogens is 6. The molecule has 5 heterocycles. The Morgan fingerprint density at radius 3 is 2.30 bits per heavy atom. The van der Waals surface area contributed by atoms with Gasteiger partial charge in [0.05, 0.1) is 58.8 Å². The zero-order chi connectivity index (χ0) is 38.2. The number of H-pyrrole nitrogens is 1. The second-order valence-corrected chi connectivity index (χ2v) is 22.1. The van der Waals surface area contributed by atoms with Crippen LogP contribution in [0.3, 0.4) is 0 Å². The van der Waals surface area contributed by atoms with Crippen molar-refractivity contribution < 1.29 is 24.2 Å². The molecular weight excluding hydrogens is 701 g/mol. The summed E-state index contributed by atoms with van der Waals surface area (Å²) in [5, 5.41) is 9.87. The Balaban J connectivity index is 1.09. The zero-order valence-electron chi connectivity index (χ0n) is 32.0. The van der Waals surface area contributed by atoms with Gasteiger partial charge in [-0.3, -0.25) is 14.8 Å². The molecule has 284 valence electrons. The fourth-order valence-corrected chi connectivity index (χ4v) is 7.95. The van der Waals surface area contributed by atoms with E-state index in [2.05, 4.69) is 29.6 Å². The summed E-state index contributed by atoms with van der Waals surface area (Å²) in [5.74, 6) is 1.46. The van der Waals surface area contributed by atoms with Crippen LogP contribution in [0.25, 0.3) is 44.8 Å². The van der Waals surface area contributed by atoms with Gasteiger partial charge < -0.3 is 24.1 Å². The molecule has 2 aromatic carbocycles. The molecule has 0 saturated carbocycles. The van der Waals surface area contributed by atoms with E-state index in [1.54, 1.807) is 11.1 Å². The molecule has 0 bridgehead atoms. The highest BCUT2D eigenvalue weighted by Crippen LogP contribution is 2.36. The van der Waals surface area contributed by atoms with Crippen molar-refractivity contribution in [1.29, 1.82) is 0 Å². The van der Waals surface area contributed by atoms with Gasteiger partial charge in [0.25, 0.3) is 0 Å². The van der Waals surface area contributed by atoms with Crippen LogP contribution in [0.4, 0.5) is 9.59 Å². The number of rotatable bonds is 10. The van der Waals surface area contributed by atoms with Crippen molar-refractivity contribution in [2.24, 2.45) is 0 Å². The van der Waals surface area contributed by atoms with Crippen molar-refractivity contribution in [3.63, 3.8) is 0 Å². The van der Waals surface area contributed by atoms with Gasteiger partial charge in [-0.15, -0.1) is 0 Å². The van der Waals surface area contributed by atoms with E-state index in [4.69, 9.17) is 24.4 Å². The summed E-state index contributed by atoms with van der Waals surface area (Å²) in [6, 6.07) is 14.7. The number of fused-ring (bicyclic) bond motifs is 1. The summed E-state index contributed by atoms with van der Waals surface area (Å²) in [6.07, 6.45) is 7.42. The van der Waals surface area contributed by atoms with E-state index < -0.39 is 19.8 Å². The molecule has 3 aromatic heterocycles. The molecule has 7 rings (SSSR count). The molecule has 0 aliphatic carbocycles. The number of amides is 2. The van der Waals surface area contributed by atoms with Crippen molar-refractivity contribution in [3.05, 3.63) is 72.7 Å². The molecule has 0 unspecified atom stereocenters. The number of likely N-dealkylation sites (tertiary alicyclic amines) is 2. The lowest BCUT2D eigenvalue weighted by Gasteiger charge is -2.27. The number of hydrogen-bond donors (Lipinski definition) is 2. The summed E-state index contributed by atoms with van der Waals surface area (Å²) in [7, 11) is -1.28. The van der Waals surface area contributed by atoms with Gasteiger partial charge in [-0.1, -0.05) is 50.0 Å². The maximum absolute atomic E-state index is 12.8. The highest BCUT2D eigenvalue weighted by atomic mass is 28.3. The van der Waals surface area contributed by atoms with Gasteiger partial charge >= 0.3 is 12.2 Å². The van der Waals surface area contributed by atoms with Crippen molar-refractivity contribution in [2.45, 2.75) is 96.6 Å². The second-order valence-electron chi connectivity index (χ2n) is 16.5. The number of nitrogens with one attached hydrogen (secondary N) is 1. The van der Waals surface area contributed by atoms with E-state index in [1.807, 2.05) is 80.2 Å². The number of aromatic amines is 1. The number of carboxylic acid groups (broad SMARTS) is 1. The molecule has 5 aromatic rings. The maximum atomic E-state index is 12.8. The van der Waals surface area contributed by atoms with E-state index in [0.717, 1.165) is 82.4 Å². The van der Waals surface area contributed by atoms with Gasteiger partial charge in [0, 0.05) is 38.9 Å². The van der Waals surface area contributed by atoms with Crippen molar-refractivity contribution in [2.75, 3.05) is 19.7 Å². The fraction of sp³-hybridized carbons (Fsp3) is 0.450. The van der Waals surface area contributed by atoms with Gasteiger partial charge in [-0.2, -0.15) is 0 Å². The molecule has 14 heteroatoms. The third-order valence-corrected chi connectivity index (χ3v) is 11.7. The summed E-state index contributed by atoms with van der Waals surface area (Å²) < 4.78 is 13.9.